The molecule has 0 unspecified atom stereocenters. The molecule has 0 fully saturated rings. The topological polar surface area (TPSA) is 35.0 Å². The number of methoxy groups -OCH3 is 1. The van der Waals surface area contributed by atoms with Crippen molar-refractivity contribution in [1.29, 1.82) is 0 Å². The van der Waals surface area contributed by atoms with Gasteiger partial charge < -0.3 is 4.74 Å². The Morgan fingerprint density at radius 1 is 1.31 bits per heavy atom. The van der Waals surface area contributed by atoms with Gasteiger partial charge in [-0.05, 0) is 13.0 Å². The molecule has 0 aromatic carbocycles. The van der Waals surface area contributed by atoms with Gasteiger partial charge in [0.1, 0.15) is 0 Å². The minimum Gasteiger partial charge on any atom is -0.467 e. The van der Waals surface area contributed by atoms with E-state index in [0.29, 0.717) is 0 Å². The van der Waals surface area contributed by atoms with Crippen molar-refractivity contribution in [2.45, 2.75) is 13.1 Å². The Kier molecular flexibility index (Phi) is 2.40. The summed E-state index contributed by atoms with van der Waals surface area (Å²) in [5.41, 5.74) is -0.768. The Hall–Kier alpha value is -1.33. The van der Waals surface area contributed by atoms with Crippen LogP contribution in [-0.4, -0.2) is 17.1 Å². The predicted octanol–water partition coefficient (Wildman–Crippen LogP) is 1.81. The molecule has 0 saturated carbocycles. The summed E-state index contributed by atoms with van der Waals surface area (Å²) in [7, 11) is 1.22. The second kappa shape index (κ2) is 3.20. The van der Waals surface area contributed by atoms with Gasteiger partial charge in [0.05, 0.1) is 7.11 Å². The first-order chi connectivity index (χ1) is 5.93. The normalized spacial score (nSPS) is 11.5. The second-order valence-corrected chi connectivity index (χ2v) is 2.38. The van der Waals surface area contributed by atoms with E-state index in [0.717, 1.165) is 6.07 Å². The fourth-order valence-electron chi connectivity index (χ4n) is 0.778. The highest BCUT2D eigenvalue weighted by atomic mass is 19.4. The summed E-state index contributed by atoms with van der Waals surface area (Å²) in [5, 5.41) is 0. The first-order valence-electron chi connectivity index (χ1n) is 3.40. The molecule has 1 aromatic heterocycles. The van der Waals surface area contributed by atoms with E-state index >= 15 is 0 Å². The molecule has 0 N–H and O–H groups in total. The number of aryl methyl sites for hydroxylation is 1. The van der Waals surface area contributed by atoms with Gasteiger partial charge in [-0.2, -0.15) is 18.2 Å². The summed E-state index contributed by atoms with van der Waals surface area (Å²) in [5.74, 6) is 0. The van der Waals surface area contributed by atoms with Crippen molar-refractivity contribution < 1.29 is 17.9 Å². The van der Waals surface area contributed by atoms with Crippen molar-refractivity contribution in [1.82, 2.24) is 9.97 Å². The number of halogens is 3. The summed E-state index contributed by atoms with van der Waals surface area (Å²) in [6.07, 6.45) is -4.46. The molecule has 1 heterocycles. The van der Waals surface area contributed by atoms with Crippen molar-refractivity contribution >= 4 is 0 Å². The van der Waals surface area contributed by atoms with E-state index in [-0.39, 0.29) is 11.7 Å². The van der Waals surface area contributed by atoms with Crippen molar-refractivity contribution in [2.75, 3.05) is 7.11 Å². The summed E-state index contributed by atoms with van der Waals surface area (Å²) < 4.78 is 40.9. The monoisotopic (exact) mass is 192 g/mol. The smallest absolute Gasteiger partial charge is 0.433 e. The Morgan fingerprint density at radius 2 is 1.92 bits per heavy atom. The second-order valence-electron chi connectivity index (χ2n) is 2.38. The van der Waals surface area contributed by atoms with E-state index in [4.69, 9.17) is 0 Å². The molecule has 0 bridgehead atoms. The summed E-state index contributed by atoms with van der Waals surface area (Å²) >= 11 is 0. The first kappa shape index (κ1) is 9.76. The lowest BCUT2D eigenvalue weighted by molar-refractivity contribution is -0.141. The van der Waals surface area contributed by atoms with Crippen LogP contribution in [0.4, 0.5) is 13.2 Å². The predicted molar refractivity (Wildman–Crippen MR) is 38.3 cm³/mol. The molecule has 72 valence electrons. The first-order valence-corrected chi connectivity index (χ1v) is 3.40. The van der Waals surface area contributed by atoms with Gasteiger partial charge in [0.25, 0.3) is 0 Å². The lowest BCUT2D eigenvalue weighted by Crippen LogP contribution is -2.10. The third-order valence-corrected chi connectivity index (χ3v) is 1.31. The maximum atomic E-state index is 12.1. The average Bonchev–Trinajstić information content (AvgIpc) is 2.01. The van der Waals surface area contributed by atoms with E-state index in [2.05, 4.69) is 14.7 Å². The van der Waals surface area contributed by atoms with Crippen LogP contribution in [0.1, 0.15) is 11.4 Å². The van der Waals surface area contributed by atoms with Crippen LogP contribution in [0.5, 0.6) is 6.01 Å². The van der Waals surface area contributed by atoms with E-state index in [9.17, 15) is 13.2 Å². The number of hydrogen-bond donors (Lipinski definition) is 0. The zero-order valence-corrected chi connectivity index (χ0v) is 7.01. The maximum absolute atomic E-state index is 12.1. The van der Waals surface area contributed by atoms with Gasteiger partial charge in [-0.1, -0.05) is 0 Å². The van der Waals surface area contributed by atoms with Gasteiger partial charge in [0, 0.05) is 5.69 Å². The lowest BCUT2D eigenvalue weighted by atomic mass is 10.3. The number of alkyl halides is 3. The zero-order chi connectivity index (χ0) is 10.1. The summed E-state index contributed by atoms with van der Waals surface area (Å²) in [4.78, 5) is 6.80. The maximum Gasteiger partial charge on any atom is 0.433 e. The van der Waals surface area contributed by atoms with Gasteiger partial charge in [0.15, 0.2) is 5.69 Å². The molecular formula is C7H7F3N2O. The molecule has 3 nitrogen and oxygen atoms in total. The molecule has 0 amide bonds. The van der Waals surface area contributed by atoms with Crippen LogP contribution in [-0.2, 0) is 6.18 Å². The standard InChI is InChI=1S/C7H7F3N2O/c1-4-3-5(7(8,9)10)12-6(11-4)13-2/h3H,1-2H3. The summed E-state index contributed by atoms with van der Waals surface area (Å²) in [6.45, 7) is 1.44. The third-order valence-electron chi connectivity index (χ3n) is 1.31. The van der Waals surface area contributed by atoms with E-state index < -0.39 is 11.9 Å². The highest BCUT2D eigenvalue weighted by Gasteiger charge is 2.33. The van der Waals surface area contributed by atoms with Crippen LogP contribution >= 0.6 is 0 Å². The Balaban J connectivity index is 3.16. The van der Waals surface area contributed by atoms with E-state index in [1.54, 1.807) is 0 Å². The molecule has 0 aliphatic rings. The highest BCUT2D eigenvalue weighted by Crippen LogP contribution is 2.28. The molecule has 0 atom stereocenters. The van der Waals surface area contributed by atoms with Crippen LogP contribution in [0.25, 0.3) is 0 Å². The van der Waals surface area contributed by atoms with Crippen molar-refractivity contribution in [3.63, 3.8) is 0 Å². The Morgan fingerprint density at radius 3 is 2.38 bits per heavy atom. The molecule has 0 aliphatic heterocycles. The molecule has 1 rings (SSSR count). The summed E-state index contributed by atoms with van der Waals surface area (Å²) in [6, 6.07) is 0.593. The van der Waals surface area contributed by atoms with Crippen LogP contribution in [0.15, 0.2) is 6.07 Å². The van der Waals surface area contributed by atoms with Crippen LogP contribution in [0, 0.1) is 6.92 Å². The third kappa shape index (κ3) is 2.30. The van der Waals surface area contributed by atoms with Crippen molar-refractivity contribution in [3.05, 3.63) is 17.5 Å². The quantitative estimate of drug-likeness (QED) is 0.680. The lowest BCUT2D eigenvalue weighted by Gasteiger charge is -2.07. The van der Waals surface area contributed by atoms with Crippen LogP contribution < -0.4 is 4.74 Å². The number of nitrogens with zero attached hydrogens (tertiary/aromatic N) is 2. The molecule has 0 spiro atoms. The molecular weight excluding hydrogens is 185 g/mol. The Bertz CT molecular complexity index is 311. The number of aromatic nitrogens is 2. The molecule has 0 aliphatic carbocycles. The van der Waals surface area contributed by atoms with E-state index in [1.165, 1.54) is 14.0 Å². The van der Waals surface area contributed by atoms with Gasteiger partial charge in [-0.3, -0.25) is 0 Å². The zero-order valence-electron chi connectivity index (χ0n) is 7.01. The number of hydrogen-bond acceptors (Lipinski definition) is 3. The van der Waals surface area contributed by atoms with Crippen molar-refractivity contribution in [2.24, 2.45) is 0 Å². The minimum absolute atomic E-state index is 0.221. The fourth-order valence-corrected chi connectivity index (χ4v) is 0.778. The molecule has 1 aromatic rings. The average molecular weight is 192 g/mol. The van der Waals surface area contributed by atoms with Gasteiger partial charge in [0.2, 0.25) is 0 Å². The molecule has 13 heavy (non-hydrogen) atoms. The molecule has 0 radical (unpaired) electrons. The minimum atomic E-state index is -4.46. The van der Waals surface area contributed by atoms with E-state index in [1.807, 2.05) is 0 Å². The Labute approximate surface area is 72.6 Å². The van der Waals surface area contributed by atoms with Crippen molar-refractivity contribution in [3.8, 4) is 6.01 Å². The molecule has 6 heteroatoms. The van der Waals surface area contributed by atoms with Gasteiger partial charge in [-0.15, -0.1) is 0 Å². The largest absolute Gasteiger partial charge is 0.467 e. The fraction of sp³-hybridized carbons (Fsp3) is 0.429. The highest BCUT2D eigenvalue weighted by molar-refractivity contribution is 5.14. The van der Waals surface area contributed by atoms with Crippen LogP contribution in [0.2, 0.25) is 0 Å². The SMILES string of the molecule is COc1nc(C)cc(C(F)(F)F)n1. The van der Waals surface area contributed by atoms with Gasteiger partial charge in [-0.25, -0.2) is 4.98 Å². The van der Waals surface area contributed by atoms with Gasteiger partial charge >= 0.3 is 12.2 Å². The van der Waals surface area contributed by atoms with Crippen LogP contribution in [0.3, 0.4) is 0 Å². The molecule has 0 saturated heterocycles. The number of rotatable bonds is 1. The number of ether oxygens (including phenoxy) is 1.